The summed E-state index contributed by atoms with van der Waals surface area (Å²) < 4.78 is 10.7. The first kappa shape index (κ1) is 20.0. The van der Waals surface area contributed by atoms with Gasteiger partial charge in [0, 0.05) is 11.8 Å². The molecule has 1 atom stereocenters. The number of thioether (sulfide) groups is 1. The molecule has 0 spiro atoms. The highest BCUT2D eigenvalue weighted by molar-refractivity contribution is 8.14. The van der Waals surface area contributed by atoms with Crippen molar-refractivity contribution in [1.29, 1.82) is 0 Å². The highest BCUT2D eigenvalue weighted by Crippen LogP contribution is 2.30. The minimum Gasteiger partial charge on any atom is -0.497 e. The minimum absolute atomic E-state index is 0.0471. The van der Waals surface area contributed by atoms with Crippen molar-refractivity contribution in [3.05, 3.63) is 65.7 Å². The van der Waals surface area contributed by atoms with E-state index in [1.165, 1.54) is 6.08 Å². The van der Waals surface area contributed by atoms with E-state index < -0.39 is 0 Å². The number of nitrogens with zero attached hydrogens (tertiary/aromatic N) is 1. The van der Waals surface area contributed by atoms with Gasteiger partial charge in [0.05, 0.1) is 19.8 Å². The average molecular weight is 397 g/mol. The van der Waals surface area contributed by atoms with Crippen LogP contribution in [0.25, 0.3) is 6.08 Å². The summed E-state index contributed by atoms with van der Waals surface area (Å²) in [5.41, 5.74) is 2.05. The zero-order valence-corrected chi connectivity index (χ0v) is 16.9. The number of benzene rings is 2. The monoisotopic (exact) mass is 396 g/mol. The molecule has 1 aliphatic rings. The predicted molar refractivity (Wildman–Crippen MR) is 115 cm³/mol. The molecule has 0 saturated carbocycles. The fourth-order valence-corrected chi connectivity index (χ4v) is 3.61. The molecule has 0 bridgehead atoms. The Morgan fingerprint density at radius 2 is 1.89 bits per heavy atom. The lowest BCUT2D eigenvalue weighted by Gasteiger charge is -2.06. The van der Waals surface area contributed by atoms with Crippen molar-refractivity contribution >= 4 is 28.9 Å². The van der Waals surface area contributed by atoms with Crippen molar-refractivity contribution in [2.75, 3.05) is 19.5 Å². The molecule has 1 amide bonds. The third-order valence-corrected chi connectivity index (χ3v) is 5.13. The van der Waals surface area contributed by atoms with Crippen molar-refractivity contribution in [1.82, 2.24) is 5.32 Å². The molecule has 6 heteroatoms. The smallest absolute Gasteiger partial charge is 0.249 e. The molecule has 2 aromatic rings. The molecule has 1 N–H and O–H groups in total. The largest absolute Gasteiger partial charge is 0.497 e. The highest BCUT2D eigenvalue weighted by Gasteiger charge is 2.20. The fraction of sp³-hybridized carbons (Fsp3) is 0.273. The second-order valence-corrected chi connectivity index (χ2v) is 7.28. The first-order valence-corrected chi connectivity index (χ1v) is 10.2. The summed E-state index contributed by atoms with van der Waals surface area (Å²) in [6.45, 7) is 2.77. The first-order valence-electron chi connectivity index (χ1n) is 9.24. The summed E-state index contributed by atoms with van der Waals surface area (Å²) in [7, 11) is 1.65. The van der Waals surface area contributed by atoms with Gasteiger partial charge in [-0.3, -0.25) is 9.79 Å². The number of carbonyl (C=O) groups is 1. The molecule has 0 fully saturated rings. The zero-order valence-electron chi connectivity index (χ0n) is 16.1. The van der Waals surface area contributed by atoms with Crippen LogP contribution in [0.5, 0.6) is 11.5 Å². The van der Waals surface area contributed by atoms with Crippen LogP contribution in [0.3, 0.4) is 0 Å². The number of amides is 1. The van der Waals surface area contributed by atoms with Crippen molar-refractivity contribution < 1.29 is 14.3 Å². The van der Waals surface area contributed by atoms with Crippen LogP contribution in [0, 0.1) is 0 Å². The number of hydrogen-bond acceptors (Lipinski definition) is 5. The van der Waals surface area contributed by atoms with E-state index in [0.29, 0.717) is 11.8 Å². The lowest BCUT2D eigenvalue weighted by Crippen LogP contribution is -2.25. The number of aliphatic imine (C=N–C) groups is 1. The maximum absolute atomic E-state index is 12.2. The summed E-state index contributed by atoms with van der Waals surface area (Å²) >= 11 is 1.55. The number of amidine groups is 1. The topological polar surface area (TPSA) is 59.9 Å². The third kappa shape index (κ3) is 5.63. The van der Waals surface area contributed by atoms with Crippen LogP contribution in [-0.4, -0.2) is 30.5 Å². The molecule has 28 heavy (non-hydrogen) atoms. The van der Waals surface area contributed by atoms with Crippen molar-refractivity contribution in [3.8, 4) is 11.5 Å². The molecule has 5 nitrogen and oxygen atoms in total. The van der Waals surface area contributed by atoms with E-state index in [4.69, 9.17) is 9.47 Å². The number of nitrogens with one attached hydrogen (secondary N) is 1. The molecule has 0 saturated heterocycles. The summed E-state index contributed by atoms with van der Waals surface area (Å²) in [6, 6.07) is 15.6. The van der Waals surface area contributed by atoms with Gasteiger partial charge in [-0.1, -0.05) is 43.0 Å². The van der Waals surface area contributed by atoms with E-state index in [-0.39, 0.29) is 11.9 Å². The van der Waals surface area contributed by atoms with Crippen LogP contribution in [-0.2, 0) is 4.79 Å². The van der Waals surface area contributed by atoms with Gasteiger partial charge in [-0.25, -0.2) is 0 Å². The Kier molecular flexibility index (Phi) is 7.14. The minimum atomic E-state index is -0.187. The molecular weight excluding hydrogens is 372 g/mol. The van der Waals surface area contributed by atoms with Gasteiger partial charge in [0.1, 0.15) is 11.5 Å². The van der Waals surface area contributed by atoms with E-state index in [1.54, 1.807) is 24.9 Å². The third-order valence-electron chi connectivity index (χ3n) is 4.16. The van der Waals surface area contributed by atoms with E-state index in [2.05, 4.69) is 17.2 Å². The Bertz CT molecular complexity index is 845. The second-order valence-electron chi connectivity index (χ2n) is 6.27. The van der Waals surface area contributed by atoms with Crippen LogP contribution < -0.4 is 14.8 Å². The van der Waals surface area contributed by atoms with E-state index >= 15 is 0 Å². The molecule has 2 aromatic carbocycles. The van der Waals surface area contributed by atoms with Gasteiger partial charge in [-0.15, -0.1) is 0 Å². The van der Waals surface area contributed by atoms with Crippen LogP contribution in [0.2, 0.25) is 0 Å². The maximum atomic E-state index is 12.2. The van der Waals surface area contributed by atoms with E-state index in [0.717, 1.165) is 34.8 Å². The molecule has 146 valence electrons. The van der Waals surface area contributed by atoms with E-state index in [9.17, 15) is 4.79 Å². The van der Waals surface area contributed by atoms with Crippen molar-refractivity contribution in [2.24, 2.45) is 4.99 Å². The lowest BCUT2D eigenvalue weighted by molar-refractivity contribution is -0.115. The number of hydrogen-bond donors (Lipinski definition) is 1. The van der Waals surface area contributed by atoms with Crippen LogP contribution in [0.15, 0.2) is 59.6 Å². The molecule has 0 radical (unpaired) electrons. The predicted octanol–water partition coefficient (Wildman–Crippen LogP) is 4.46. The van der Waals surface area contributed by atoms with Gasteiger partial charge in [-0.05, 0) is 47.9 Å². The van der Waals surface area contributed by atoms with Crippen LogP contribution in [0.1, 0.15) is 30.5 Å². The Hall–Kier alpha value is -2.73. The number of methoxy groups -OCH3 is 1. The molecule has 0 aliphatic carbocycles. The van der Waals surface area contributed by atoms with Gasteiger partial charge < -0.3 is 14.8 Å². The molecule has 3 rings (SSSR count). The number of ether oxygens (including phenoxy) is 2. The molecule has 1 unspecified atom stereocenters. The summed E-state index contributed by atoms with van der Waals surface area (Å²) in [5.74, 6) is 2.28. The normalized spacial score (nSPS) is 16.1. The second kappa shape index (κ2) is 9.99. The quantitative estimate of drug-likeness (QED) is 0.702. The summed E-state index contributed by atoms with van der Waals surface area (Å²) in [6.07, 6.45) is 4.27. The van der Waals surface area contributed by atoms with Gasteiger partial charge in [0.2, 0.25) is 5.91 Å². The Morgan fingerprint density at radius 3 is 2.57 bits per heavy atom. The molecule has 0 aromatic heterocycles. The van der Waals surface area contributed by atoms with Crippen LogP contribution in [0.4, 0.5) is 0 Å². The average Bonchev–Trinajstić information content (AvgIpc) is 3.20. The standard InChI is InChI=1S/C22H24N2O3S/c1-3-14-27-19-9-4-16(5-10-19)6-13-21(25)24-22-23-20(15-28-22)17-7-11-18(26-2)12-8-17/h4-13,20H,3,14-15H2,1-2H3,(H,23,24,25)/b13-6+. The fourth-order valence-electron chi connectivity index (χ4n) is 2.65. The molecule has 1 aliphatic heterocycles. The van der Waals surface area contributed by atoms with Gasteiger partial charge in [-0.2, -0.15) is 0 Å². The van der Waals surface area contributed by atoms with Crippen molar-refractivity contribution in [2.45, 2.75) is 19.4 Å². The Labute approximate surface area is 169 Å². The lowest BCUT2D eigenvalue weighted by atomic mass is 10.1. The maximum Gasteiger partial charge on any atom is 0.249 e. The van der Waals surface area contributed by atoms with Gasteiger partial charge in [0.15, 0.2) is 5.17 Å². The van der Waals surface area contributed by atoms with Gasteiger partial charge in [0.25, 0.3) is 0 Å². The Morgan fingerprint density at radius 1 is 1.18 bits per heavy atom. The number of rotatable bonds is 7. The number of carbonyl (C=O) groups excluding carboxylic acids is 1. The van der Waals surface area contributed by atoms with Crippen LogP contribution >= 0.6 is 11.8 Å². The Balaban J connectivity index is 1.53. The zero-order chi connectivity index (χ0) is 19.8. The van der Waals surface area contributed by atoms with Crippen molar-refractivity contribution in [3.63, 3.8) is 0 Å². The first-order chi connectivity index (χ1) is 13.7. The highest BCUT2D eigenvalue weighted by atomic mass is 32.2. The summed E-state index contributed by atoms with van der Waals surface area (Å²) in [5, 5.41) is 3.50. The molecular formula is C22H24N2O3S. The SMILES string of the molecule is CCCOc1ccc(/C=C/C(=O)NC2=NC(c3ccc(OC)cc3)CS2)cc1. The van der Waals surface area contributed by atoms with E-state index in [1.807, 2.05) is 48.5 Å². The van der Waals surface area contributed by atoms with Gasteiger partial charge >= 0.3 is 0 Å². The molecule has 1 heterocycles. The summed E-state index contributed by atoms with van der Waals surface area (Å²) in [4.78, 5) is 16.8.